The molecule has 1 heterocycles. The lowest BCUT2D eigenvalue weighted by molar-refractivity contribution is 0.0952. The molecule has 1 saturated carbocycles. The smallest absolute Gasteiger partial charge is 0.251 e. The summed E-state index contributed by atoms with van der Waals surface area (Å²) < 4.78 is 0. The number of aromatic nitrogens is 1. The van der Waals surface area contributed by atoms with Crippen molar-refractivity contribution < 1.29 is 4.79 Å². The van der Waals surface area contributed by atoms with Gasteiger partial charge in [0.2, 0.25) is 0 Å². The molecular weight excluding hydrogens is 228 g/mol. The zero-order chi connectivity index (χ0) is 13.0. The molecule has 98 valence electrons. The van der Waals surface area contributed by atoms with Crippen molar-refractivity contribution >= 4 is 11.7 Å². The minimum absolute atomic E-state index is 0.0622. The third kappa shape index (κ3) is 3.70. The van der Waals surface area contributed by atoms with Gasteiger partial charge < -0.3 is 10.7 Å². The number of nitrogens with two attached hydrogens (primary N) is 1. The van der Waals surface area contributed by atoms with Crippen molar-refractivity contribution in [1.29, 1.82) is 0 Å². The topological polar surface area (TPSA) is 80.0 Å². The summed E-state index contributed by atoms with van der Waals surface area (Å²) in [5.41, 5.74) is 3.83. The Morgan fingerprint density at radius 1 is 1.50 bits per heavy atom. The van der Waals surface area contributed by atoms with Gasteiger partial charge in [-0.1, -0.05) is 12.8 Å². The Labute approximate surface area is 107 Å². The van der Waals surface area contributed by atoms with E-state index in [0.29, 0.717) is 11.4 Å². The number of rotatable bonds is 6. The molecule has 1 aromatic rings. The molecule has 0 aromatic carbocycles. The highest BCUT2D eigenvalue weighted by Gasteiger charge is 2.20. The maximum atomic E-state index is 11.9. The van der Waals surface area contributed by atoms with Gasteiger partial charge in [-0.15, -0.1) is 0 Å². The fourth-order valence-corrected chi connectivity index (χ4v) is 1.97. The van der Waals surface area contributed by atoms with Crippen molar-refractivity contribution in [3.63, 3.8) is 0 Å². The van der Waals surface area contributed by atoms with Gasteiger partial charge in [0.05, 0.1) is 0 Å². The first-order valence-corrected chi connectivity index (χ1v) is 6.42. The Bertz CT molecular complexity index is 429. The van der Waals surface area contributed by atoms with Crippen molar-refractivity contribution in [2.24, 2.45) is 11.8 Å². The first-order valence-electron chi connectivity index (χ1n) is 6.42. The number of carbonyl (C=O) groups is 1. The number of carbonyl (C=O) groups excluding carboxylic acids is 1. The van der Waals surface area contributed by atoms with E-state index in [0.717, 1.165) is 24.6 Å². The van der Waals surface area contributed by atoms with Gasteiger partial charge >= 0.3 is 0 Å². The number of hydrogen-bond acceptors (Lipinski definition) is 4. The van der Waals surface area contributed by atoms with Gasteiger partial charge in [0.25, 0.3) is 5.91 Å². The van der Waals surface area contributed by atoms with Crippen molar-refractivity contribution in [3.8, 4) is 0 Å². The average molecular weight is 248 g/mol. The second kappa shape index (κ2) is 5.82. The van der Waals surface area contributed by atoms with E-state index in [1.165, 1.54) is 19.3 Å². The third-order valence-electron chi connectivity index (χ3n) is 3.14. The number of nitrogens with zero attached hydrogens (tertiary/aromatic N) is 1. The molecule has 2 rings (SSSR count). The van der Waals surface area contributed by atoms with Crippen molar-refractivity contribution in [2.45, 2.75) is 32.6 Å². The largest absolute Gasteiger partial charge is 0.352 e. The highest BCUT2D eigenvalue weighted by Crippen LogP contribution is 2.33. The maximum Gasteiger partial charge on any atom is 0.251 e. The quantitative estimate of drug-likeness (QED) is 0.406. The van der Waals surface area contributed by atoms with Gasteiger partial charge in [0.15, 0.2) is 0 Å². The van der Waals surface area contributed by atoms with Crippen LogP contribution in [0.25, 0.3) is 0 Å². The molecule has 0 spiro atoms. The highest BCUT2D eigenvalue weighted by atomic mass is 16.1. The molecule has 5 heteroatoms. The Kier molecular flexibility index (Phi) is 4.15. The highest BCUT2D eigenvalue weighted by molar-refractivity contribution is 5.94. The van der Waals surface area contributed by atoms with Gasteiger partial charge in [-0.25, -0.2) is 10.8 Å². The first kappa shape index (κ1) is 12.8. The first-order chi connectivity index (χ1) is 8.69. The molecular formula is C13H20N4O. The summed E-state index contributed by atoms with van der Waals surface area (Å²) in [6, 6.07) is 3.42. The lowest BCUT2D eigenvalue weighted by Gasteiger charge is -2.07. The average Bonchev–Trinajstić information content (AvgIpc) is 3.17. The van der Waals surface area contributed by atoms with E-state index >= 15 is 0 Å². The maximum absolute atomic E-state index is 11.9. The van der Waals surface area contributed by atoms with E-state index < -0.39 is 0 Å². The van der Waals surface area contributed by atoms with E-state index in [9.17, 15) is 4.79 Å². The van der Waals surface area contributed by atoms with E-state index in [1.54, 1.807) is 12.1 Å². The van der Waals surface area contributed by atoms with Crippen molar-refractivity contribution in [3.05, 3.63) is 23.4 Å². The molecule has 1 amide bonds. The molecule has 4 N–H and O–H groups in total. The molecule has 1 fully saturated rings. The second-order valence-corrected chi connectivity index (χ2v) is 4.87. The van der Waals surface area contributed by atoms with Crippen LogP contribution in [0, 0.1) is 12.8 Å². The molecule has 0 aliphatic heterocycles. The Morgan fingerprint density at radius 2 is 2.28 bits per heavy atom. The minimum atomic E-state index is -0.0622. The van der Waals surface area contributed by atoms with Crippen molar-refractivity contribution in [2.75, 3.05) is 12.0 Å². The van der Waals surface area contributed by atoms with E-state index in [-0.39, 0.29) is 5.91 Å². The Morgan fingerprint density at radius 3 is 2.94 bits per heavy atom. The third-order valence-corrected chi connectivity index (χ3v) is 3.14. The van der Waals surface area contributed by atoms with E-state index in [2.05, 4.69) is 15.7 Å². The molecule has 5 nitrogen and oxygen atoms in total. The summed E-state index contributed by atoms with van der Waals surface area (Å²) in [6.45, 7) is 2.58. The van der Waals surface area contributed by atoms with Gasteiger partial charge in [0.1, 0.15) is 5.82 Å². The van der Waals surface area contributed by atoms with Crippen LogP contribution in [-0.2, 0) is 0 Å². The lowest BCUT2D eigenvalue weighted by Crippen LogP contribution is -2.25. The Balaban J connectivity index is 1.84. The normalized spacial score (nSPS) is 14.3. The summed E-state index contributed by atoms with van der Waals surface area (Å²) in [7, 11) is 0. The number of aryl methyl sites for hydroxylation is 1. The van der Waals surface area contributed by atoms with Crippen LogP contribution in [0.3, 0.4) is 0 Å². The standard InChI is InChI=1S/C13H20N4O/c1-9-7-11(8-12(16-9)17-14)13(18)15-6-2-3-10-4-5-10/h7-8,10H,2-6,14H2,1H3,(H,15,18)(H,16,17). The summed E-state index contributed by atoms with van der Waals surface area (Å²) in [6.07, 6.45) is 5.01. The van der Waals surface area contributed by atoms with Gasteiger partial charge in [-0.3, -0.25) is 4.79 Å². The van der Waals surface area contributed by atoms with Gasteiger partial charge in [-0.2, -0.15) is 0 Å². The van der Waals surface area contributed by atoms with Gasteiger partial charge in [0, 0.05) is 17.8 Å². The van der Waals surface area contributed by atoms with Crippen LogP contribution in [-0.4, -0.2) is 17.4 Å². The summed E-state index contributed by atoms with van der Waals surface area (Å²) in [4.78, 5) is 16.1. The molecule has 1 aliphatic rings. The summed E-state index contributed by atoms with van der Waals surface area (Å²) in [5, 5.41) is 2.93. The molecule has 0 saturated heterocycles. The summed E-state index contributed by atoms with van der Waals surface area (Å²) in [5.74, 6) is 6.67. The Hall–Kier alpha value is -1.62. The predicted octanol–water partition coefficient (Wildman–Crippen LogP) is 1.60. The second-order valence-electron chi connectivity index (χ2n) is 4.87. The fourth-order valence-electron chi connectivity index (χ4n) is 1.97. The molecule has 0 radical (unpaired) electrons. The molecule has 0 bridgehead atoms. The number of nitrogen functional groups attached to an aromatic ring is 1. The number of amides is 1. The van der Waals surface area contributed by atoms with Crippen LogP contribution in [0.4, 0.5) is 5.82 Å². The molecule has 1 aliphatic carbocycles. The zero-order valence-corrected chi connectivity index (χ0v) is 10.7. The molecule has 1 aromatic heterocycles. The monoisotopic (exact) mass is 248 g/mol. The van der Waals surface area contributed by atoms with Crippen LogP contribution in [0.2, 0.25) is 0 Å². The van der Waals surface area contributed by atoms with Crippen LogP contribution in [0.5, 0.6) is 0 Å². The van der Waals surface area contributed by atoms with Crippen LogP contribution >= 0.6 is 0 Å². The molecule has 0 unspecified atom stereocenters. The minimum Gasteiger partial charge on any atom is -0.352 e. The number of hydrogen-bond donors (Lipinski definition) is 3. The SMILES string of the molecule is Cc1cc(C(=O)NCCCC2CC2)cc(NN)n1. The number of pyridine rings is 1. The van der Waals surface area contributed by atoms with Crippen LogP contribution < -0.4 is 16.6 Å². The predicted molar refractivity (Wildman–Crippen MR) is 71.1 cm³/mol. The van der Waals surface area contributed by atoms with E-state index in [1.807, 2.05) is 6.92 Å². The number of anilines is 1. The number of nitrogens with one attached hydrogen (secondary N) is 2. The van der Waals surface area contributed by atoms with Crippen LogP contribution in [0.1, 0.15) is 41.7 Å². The number of hydrazine groups is 1. The summed E-state index contributed by atoms with van der Waals surface area (Å²) >= 11 is 0. The lowest BCUT2D eigenvalue weighted by atomic mass is 10.2. The van der Waals surface area contributed by atoms with Crippen LogP contribution in [0.15, 0.2) is 12.1 Å². The van der Waals surface area contributed by atoms with Crippen molar-refractivity contribution in [1.82, 2.24) is 10.3 Å². The molecule has 0 atom stereocenters. The zero-order valence-electron chi connectivity index (χ0n) is 10.7. The van der Waals surface area contributed by atoms with E-state index in [4.69, 9.17) is 5.84 Å². The van der Waals surface area contributed by atoms with Gasteiger partial charge in [-0.05, 0) is 37.8 Å². The fraction of sp³-hybridized carbons (Fsp3) is 0.538. The molecule has 18 heavy (non-hydrogen) atoms.